The second kappa shape index (κ2) is 12.2. The lowest BCUT2D eigenvalue weighted by Crippen LogP contribution is -2.10. The average Bonchev–Trinajstić information content (AvgIpc) is 3.58. The fourth-order valence-electron chi connectivity index (χ4n) is 8.61. The van der Waals surface area contributed by atoms with Crippen LogP contribution in [0.5, 0.6) is 0 Å². The largest absolute Gasteiger partial charge is 0.310 e. The summed E-state index contributed by atoms with van der Waals surface area (Å²) >= 11 is 0. The van der Waals surface area contributed by atoms with E-state index in [0.29, 0.717) is 0 Å². The molecule has 0 saturated heterocycles. The molecule has 2 heteroatoms. The molecule has 0 aliphatic rings. The van der Waals surface area contributed by atoms with Gasteiger partial charge in [-0.3, -0.25) is 0 Å². The first kappa shape index (κ1) is 30.5. The Labute approximate surface area is 313 Å². The predicted molar refractivity (Wildman–Crippen MR) is 231 cm³/mol. The number of hydrogen-bond donors (Lipinski definition) is 0. The summed E-state index contributed by atoms with van der Waals surface area (Å²) in [4.78, 5) is 2.41. The third-order valence-corrected chi connectivity index (χ3v) is 11.1. The van der Waals surface area contributed by atoms with Gasteiger partial charge in [-0.25, -0.2) is 0 Å². The van der Waals surface area contributed by atoms with E-state index >= 15 is 0 Å². The number of rotatable bonds is 5. The minimum atomic E-state index is 1.11. The quantitative estimate of drug-likeness (QED) is 0.164. The summed E-state index contributed by atoms with van der Waals surface area (Å²) in [7, 11) is 0. The molecule has 54 heavy (non-hydrogen) atoms. The second-order valence-corrected chi connectivity index (χ2v) is 14.2. The number of aromatic nitrogens is 1. The highest BCUT2D eigenvalue weighted by Gasteiger charge is 2.19. The Morgan fingerprint density at radius 2 is 0.815 bits per heavy atom. The molecule has 0 amide bonds. The first-order valence-corrected chi connectivity index (χ1v) is 18.6. The van der Waals surface area contributed by atoms with Gasteiger partial charge in [0.2, 0.25) is 0 Å². The number of benzene rings is 10. The van der Waals surface area contributed by atoms with Crippen LogP contribution in [0.1, 0.15) is 0 Å². The van der Waals surface area contributed by atoms with Gasteiger partial charge in [0.1, 0.15) is 0 Å². The van der Waals surface area contributed by atoms with E-state index < -0.39 is 0 Å². The normalized spacial score (nSPS) is 11.7. The first-order chi connectivity index (χ1) is 26.8. The number of hydrogen-bond acceptors (Lipinski definition) is 1. The van der Waals surface area contributed by atoms with Gasteiger partial charge >= 0.3 is 0 Å². The van der Waals surface area contributed by atoms with Crippen molar-refractivity contribution in [3.63, 3.8) is 0 Å². The van der Waals surface area contributed by atoms with Gasteiger partial charge in [0.15, 0.2) is 0 Å². The van der Waals surface area contributed by atoms with Crippen molar-refractivity contribution in [2.75, 3.05) is 4.90 Å². The Bertz CT molecular complexity index is 3210. The molecular formula is C52H34N2. The molecule has 0 unspecified atom stereocenters. The van der Waals surface area contributed by atoms with E-state index in [1.807, 2.05) is 0 Å². The highest BCUT2D eigenvalue weighted by atomic mass is 15.1. The van der Waals surface area contributed by atoms with Crippen LogP contribution in [0.4, 0.5) is 17.1 Å². The van der Waals surface area contributed by atoms with E-state index in [1.54, 1.807) is 0 Å². The predicted octanol–water partition coefficient (Wildman–Crippen LogP) is 14.5. The van der Waals surface area contributed by atoms with Gasteiger partial charge in [0.25, 0.3) is 0 Å². The molecule has 0 saturated carbocycles. The van der Waals surface area contributed by atoms with Crippen molar-refractivity contribution < 1.29 is 0 Å². The smallest absolute Gasteiger partial charge is 0.0542 e. The molecule has 2 nitrogen and oxygen atoms in total. The van der Waals surface area contributed by atoms with E-state index in [-0.39, 0.29) is 0 Å². The van der Waals surface area contributed by atoms with Crippen LogP contribution >= 0.6 is 0 Å². The van der Waals surface area contributed by atoms with Crippen LogP contribution in [-0.4, -0.2) is 4.57 Å². The maximum absolute atomic E-state index is 2.41. The van der Waals surface area contributed by atoms with Crippen LogP contribution < -0.4 is 4.90 Å². The molecular weight excluding hydrogens is 653 g/mol. The molecule has 0 bridgehead atoms. The fraction of sp³-hybridized carbons (Fsp3) is 0. The zero-order valence-electron chi connectivity index (χ0n) is 29.5. The Morgan fingerprint density at radius 3 is 1.59 bits per heavy atom. The molecule has 10 aromatic carbocycles. The highest BCUT2D eigenvalue weighted by Crippen LogP contribution is 2.42. The molecule has 0 fully saturated rings. The SMILES string of the molecule is c1ccc(-n2c3ccccc3c3cc(N(c4ccc(-c5cc6ccccc6c6ccccc56)cc4)c4ccc5ccc6ccccc6c5c4)ccc32)cc1. The Balaban J connectivity index is 1.12. The topological polar surface area (TPSA) is 8.17 Å². The monoisotopic (exact) mass is 686 g/mol. The Kier molecular flexibility index (Phi) is 6.90. The summed E-state index contributed by atoms with van der Waals surface area (Å²) in [5.74, 6) is 0. The molecule has 0 spiro atoms. The number of nitrogens with zero attached hydrogens (tertiary/aromatic N) is 2. The van der Waals surface area contributed by atoms with Crippen LogP contribution in [0.25, 0.3) is 81.7 Å². The van der Waals surface area contributed by atoms with Crippen LogP contribution in [0.15, 0.2) is 206 Å². The maximum atomic E-state index is 2.41. The summed E-state index contributed by atoms with van der Waals surface area (Å²) in [6, 6.07) is 75.3. The van der Waals surface area contributed by atoms with Crippen LogP contribution in [0.3, 0.4) is 0 Å². The molecule has 0 atom stereocenters. The summed E-state index contributed by atoms with van der Waals surface area (Å²) < 4.78 is 2.38. The zero-order valence-corrected chi connectivity index (χ0v) is 29.5. The van der Waals surface area contributed by atoms with E-state index in [1.165, 1.54) is 76.0 Å². The van der Waals surface area contributed by atoms with Gasteiger partial charge in [0.05, 0.1) is 11.0 Å². The number of para-hydroxylation sites is 2. The zero-order chi connectivity index (χ0) is 35.6. The van der Waals surface area contributed by atoms with Crippen LogP contribution in [-0.2, 0) is 0 Å². The van der Waals surface area contributed by atoms with E-state index in [2.05, 4.69) is 216 Å². The van der Waals surface area contributed by atoms with Crippen molar-refractivity contribution in [2.24, 2.45) is 0 Å². The van der Waals surface area contributed by atoms with Crippen LogP contribution in [0.2, 0.25) is 0 Å². The second-order valence-electron chi connectivity index (χ2n) is 14.2. The van der Waals surface area contributed by atoms with Gasteiger partial charge < -0.3 is 9.47 Å². The molecule has 0 aliphatic heterocycles. The Morgan fingerprint density at radius 1 is 0.296 bits per heavy atom. The van der Waals surface area contributed by atoms with Gasteiger partial charge in [-0.1, -0.05) is 140 Å². The van der Waals surface area contributed by atoms with Gasteiger partial charge in [-0.2, -0.15) is 0 Å². The van der Waals surface area contributed by atoms with E-state index in [0.717, 1.165) is 22.7 Å². The van der Waals surface area contributed by atoms with Crippen molar-refractivity contribution in [3.8, 4) is 16.8 Å². The van der Waals surface area contributed by atoms with Crippen molar-refractivity contribution in [1.82, 2.24) is 4.57 Å². The minimum Gasteiger partial charge on any atom is -0.310 e. The van der Waals surface area contributed by atoms with Crippen molar-refractivity contribution in [1.29, 1.82) is 0 Å². The van der Waals surface area contributed by atoms with E-state index in [9.17, 15) is 0 Å². The summed E-state index contributed by atoms with van der Waals surface area (Å²) in [5.41, 5.74) is 9.33. The summed E-state index contributed by atoms with van der Waals surface area (Å²) in [6.45, 7) is 0. The average molecular weight is 687 g/mol. The summed E-state index contributed by atoms with van der Waals surface area (Å²) in [5, 5.41) is 12.5. The molecule has 11 aromatic rings. The third-order valence-electron chi connectivity index (χ3n) is 11.1. The molecule has 0 radical (unpaired) electrons. The molecule has 11 rings (SSSR count). The summed E-state index contributed by atoms with van der Waals surface area (Å²) in [6.07, 6.45) is 0. The molecule has 252 valence electrons. The first-order valence-electron chi connectivity index (χ1n) is 18.6. The van der Waals surface area contributed by atoms with Gasteiger partial charge in [-0.05, 0) is 121 Å². The lowest BCUT2D eigenvalue weighted by Gasteiger charge is -2.26. The highest BCUT2D eigenvalue weighted by molar-refractivity contribution is 6.14. The van der Waals surface area contributed by atoms with Crippen molar-refractivity contribution in [2.45, 2.75) is 0 Å². The molecule has 0 N–H and O–H groups in total. The molecule has 1 aromatic heterocycles. The lowest BCUT2D eigenvalue weighted by molar-refractivity contribution is 1.18. The lowest BCUT2D eigenvalue weighted by atomic mass is 9.93. The molecule has 1 heterocycles. The van der Waals surface area contributed by atoms with Crippen LogP contribution in [0, 0.1) is 0 Å². The van der Waals surface area contributed by atoms with E-state index in [4.69, 9.17) is 0 Å². The van der Waals surface area contributed by atoms with Crippen molar-refractivity contribution in [3.05, 3.63) is 206 Å². The maximum Gasteiger partial charge on any atom is 0.0542 e. The fourth-order valence-corrected chi connectivity index (χ4v) is 8.61. The molecule has 0 aliphatic carbocycles. The van der Waals surface area contributed by atoms with Gasteiger partial charge in [0, 0.05) is 33.5 Å². The Hall–Kier alpha value is -7.16. The standard InChI is InChI=1S/C52H34N2/c1-2-14-39(15-3-1)54-51-21-11-10-20-47(51)50-34-42(30-31-52(50)54)53(41-29-26-36-23-22-35-12-4-6-16-43(35)49(36)33-41)40-27-24-37(25-28-40)48-32-38-13-5-7-17-44(38)45-18-8-9-19-46(45)48/h1-34H. The van der Waals surface area contributed by atoms with Crippen molar-refractivity contribution >= 4 is 82.0 Å². The minimum absolute atomic E-state index is 1.11. The number of fused-ring (bicyclic) bond motifs is 9. The third kappa shape index (κ3) is 4.81. The number of anilines is 3. The van der Waals surface area contributed by atoms with Gasteiger partial charge in [-0.15, -0.1) is 0 Å².